The molecule has 0 fully saturated rings. The smallest absolute Gasteiger partial charge is 0.182 e. The number of carbonyl (C=O) groups is 2. The van der Waals surface area contributed by atoms with Gasteiger partial charge in [0.15, 0.2) is 24.1 Å². The Balaban J connectivity index is 1.83. The number of ether oxygens (including phenoxy) is 1. The molecule has 0 aromatic rings. The number of allylic oxidation sites excluding steroid dienone is 4. The van der Waals surface area contributed by atoms with Crippen LogP contribution in [0.2, 0.25) is 0 Å². The van der Waals surface area contributed by atoms with Crippen molar-refractivity contribution < 1.29 is 29.6 Å². The van der Waals surface area contributed by atoms with Gasteiger partial charge in [0, 0.05) is 28.1 Å². The number of carbonyl (C=O) groups excluding carboxylic acids is 2. The zero-order chi connectivity index (χ0) is 21.6. The summed E-state index contributed by atoms with van der Waals surface area (Å²) < 4.78 is 5.57. The fourth-order valence-corrected chi connectivity index (χ4v) is 6.07. The van der Waals surface area contributed by atoms with Crippen LogP contribution in [0.1, 0.15) is 27.2 Å². The average molecular weight is 411 g/mol. The third kappa shape index (κ3) is 2.05. The van der Waals surface area contributed by atoms with E-state index in [1.165, 1.54) is 6.08 Å². The summed E-state index contributed by atoms with van der Waals surface area (Å²) in [6.45, 7) is 5.03. The standard InChI is InChI=1S/C23H25NO6/c1-10-4-12-14(26)5-13-18-17(19-21(20(18)29)30-9-24-19)11(2)6-23(13,16(28)8-25)22(12,3)7-15(10)27/h4-6,10,15,20,24-25,27,29H,7-9H2,1-3H3/t10-,15?,20?,22?,23?/m0/s1. The van der Waals surface area contributed by atoms with Crippen LogP contribution in [0.15, 0.2) is 57.5 Å². The average Bonchev–Trinajstić information content (AvgIpc) is 3.27. The van der Waals surface area contributed by atoms with E-state index in [0.717, 1.165) is 11.1 Å². The maximum absolute atomic E-state index is 13.4. The Morgan fingerprint density at radius 2 is 2.07 bits per heavy atom. The highest BCUT2D eigenvalue weighted by Gasteiger charge is 2.64. The summed E-state index contributed by atoms with van der Waals surface area (Å²) in [7, 11) is 0. The molecule has 1 aliphatic heterocycles. The highest BCUT2D eigenvalue weighted by molar-refractivity contribution is 6.12. The molecule has 0 aromatic carbocycles. The summed E-state index contributed by atoms with van der Waals surface area (Å²) in [5.74, 6) is -0.537. The van der Waals surface area contributed by atoms with Crippen LogP contribution in [0, 0.1) is 16.7 Å². The third-order valence-corrected chi connectivity index (χ3v) is 7.55. The van der Waals surface area contributed by atoms with Crippen molar-refractivity contribution >= 4 is 11.6 Å². The van der Waals surface area contributed by atoms with Crippen LogP contribution in [-0.4, -0.2) is 52.4 Å². The predicted octanol–water partition coefficient (Wildman–Crippen LogP) is 0.797. The quantitative estimate of drug-likeness (QED) is 0.531. The Kier molecular flexibility index (Phi) is 3.92. The Morgan fingerprint density at radius 3 is 2.77 bits per heavy atom. The van der Waals surface area contributed by atoms with Crippen molar-refractivity contribution in [2.75, 3.05) is 13.3 Å². The molecular weight excluding hydrogens is 386 g/mol. The van der Waals surface area contributed by atoms with Crippen LogP contribution in [0.5, 0.6) is 0 Å². The van der Waals surface area contributed by atoms with Gasteiger partial charge < -0.3 is 25.4 Å². The normalized spacial score (nSPS) is 39.2. The highest BCUT2D eigenvalue weighted by atomic mass is 16.5. The molecule has 4 N–H and O–H groups in total. The minimum Gasteiger partial charge on any atom is -0.472 e. The molecule has 0 spiro atoms. The number of rotatable bonds is 2. The van der Waals surface area contributed by atoms with Gasteiger partial charge in [0.2, 0.25) is 0 Å². The van der Waals surface area contributed by atoms with E-state index in [1.54, 1.807) is 13.0 Å². The number of hydrogen-bond acceptors (Lipinski definition) is 7. The molecule has 0 saturated carbocycles. The van der Waals surface area contributed by atoms with Crippen LogP contribution >= 0.6 is 0 Å². The first-order valence-electron chi connectivity index (χ1n) is 10.2. The molecule has 7 nitrogen and oxygen atoms in total. The van der Waals surface area contributed by atoms with E-state index in [4.69, 9.17) is 4.74 Å². The fourth-order valence-electron chi connectivity index (χ4n) is 6.07. The van der Waals surface area contributed by atoms with E-state index in [9.17, 15) is 24.9 Å². The highest BCUT2D eigenvalue weighted by Crippen LogP contribution is 2.64. The minimum atomic E-state index is -1.37. The summed E-state index contributed by atoms with van der Waals surface area (Å²) in [6.07, 6.45) is 3.33. The van der Waals surface area contributed by atoms with Gasteiger partial charge in [0.25, 0.3) is 0 Å². The molecule has 30 heavy (non-hydrogen) atoms. The molecule has 0 bridgehead atoms. The molecule has 158 valence electrons. The molecule has 1 heterocycles. The maximum Gasteiger partial charge on any atom is 0.182 e. The van der Waals surface area contributed by atoms with Crippen LogP contribution in [0.3, 0.4) is 0 Å². The summed E-state index contributed by atoms with van der Waals surface area (Å²) in [5, 5.41) is 34.9. The van der Waals surface area contributed by atoms with Crippen molar-refractivity contribution in [2.24, 2.45) is 16.7 Å². The first-order chi connectivity index (χ1) is 14.2. The molecule has 4 unspecified atom stereocenters. The molecule has 0 radical (unpaired) electrons. The Morgan fingerprint density at radius 1 is 1.33 bits per heavy atom. The van der Waals surface area contributed by atoms with Crippen molar-refractivity contribution in [2.45, 2.75) is 39.4 Å². The van der Waals surface area contributed by atoms with Gasteiger partial charge in [-0.1, -0.05) is 26.0 Å². The van der Waals surface area contributed by atoms with Crippen molar-refractivity contribution in [1.82, 2.24) is 5.32 Å². The first kappa shape index (κ1) is 19.5. The summed E-state index contributed by atoms with van der Waals surface area (Å²) in [6, 6.07) is 0. The molecule has 5 rings (SSSR count). The second-order valence-electron chi connectivity index (χ2n) is 9.08. The fraction of sp³-hybridized carbons (Fsp3) is 0.478. The van der Waals surface area contributed by atoms with Gasteiger partial charge in [-0.3, -0.25) is 9.59 Å². The number of ketones is 2. The van der Waals surface area contributed by atoms with Gasteiger partial charge in [-0.05, 0) is 30.6 Å². The first-order valence-corrected chi connectivity index (χ1v) is 10.2. The topological polar surface area (TPSA) is 116 Å². The van der Waals surface area contributed by atoms with E-state index in [-0.39, 0.29) is 24.9 Å². The lowest BCUT2D eigenvalue weighted by Crippen LogP contribution is -2.57. The number of hydrogen-bond donors (Lipinski definition) is 4. The van der Waals surface area contributed by atoms with Crippen LogP contribution < -0.4 is 5.32 Å². The van der Waals surface area contributed by atoms with Crippen molar-refractivity contribution in [3.8, 4) is 0 Å². The van der Waals surface area contributed by atoms with E-state index in [0.29, 0.717) is 28.2 Å². The van der Waals surface area contributed by atoms with Crippen molar-refractivity contribution in [1.29, 1.82) is 0 Å². The molecular formula is C23H25NO6. The molecule has 5 aliphatic rings. The molecule has 4 aliphatic carbocycles. The number of nitrogens with one attached hydrogen (secondary N) is 1. The lowest BCUT2D eigenvalue weighted by molar-refractivity contribution is -0.134. The lowest BCUT2D eigenvalue weighted by atomic mass is 9.46. The van der Waals surface area contributed by atoms with Crippen LogP contribution in [-0.2, 0) is 14.3 Å². The summed E-state index contributed by atoms with van der Waals surface area (Å²) >= 11 is 0. The number of aliphatic hydroxyl groups excluding tert-OH is 3. The van der Waals surface area contributed by atoms with Gasteiger partial charge in [-0.25, -0.2) is 0 Å². The van der Waals surface area contributed by atoms with Crippen molar-refractivity contribution in [3.63, 3.8) is 0 Å². The van der Waals surface area contributed by atoms with E-state index < -0.39 is 35.4 Å². The minimum absolute atomic E-state index is 0.194. The maximum atomic E-state index is 13.4. The third-order valence-electron chi connectivity index (χ3n) is 7.55. The van der Waals surface area contributed by atoms with Crippen molar-refractivity contribution in [3.05, 3.63) is 57.5 Å². The van der Waals surface area contributed by atoms with Gasteiger partial charge in [-0.2, -0.15) is 0 Å². The summed E-state index contributed by atoms with van der Waals surface area (Å²) in [4.78, 5) is 26.7. The van der Waals surface area contributed by atoms with E-state index in [2.05, 4.69) is 5.32 Å². The van der Waals surface area contributed by atoms with Crippen LogP contribution in [0.25, 0.3) is 0 Å². The SMILES string of the molecule is CC1=CC2(C(=O)CO)C(=CC(=O)C3=C[C@H](C)C(O)CC32C)C2=C1C1=C(OCN1)C2O. The van der Waals surface area contributed by atoms with E-state index in [1.807, 2.05) is 19.9 Å². The second kappa shape index (κ2) is 6.03. The molecule has 0 aromatic heterocycles. The van der Waals surface area contributed by atoms with Crippen LogP contribution in [0.4, 0.5) is 0 Å². The number of Topliss-reactive ketones (excluding diaryl/α,β-unsaturated/α-hetero) is 1. The Hall–Kier alpha value is -2.48. The monoisotopic (exact) mass is 411 g/mol. The number of aliphatic hydroxyl groups is 3. The zero-order valence-electron chi connectivity index (χ0n) is 17.2. The zero-order valence-corrected chi connectivity index (χ0v) is 17.2. The number of fused-ring (bicyclic) bond motifs is 5. The Bertz CT molecular complexity index is 1060. The second-order valence-corrected chi connectivity index (χ2v) is 9.08. The summed E-state index contributed by atoms with van der Waals surface area (Å²) in [5.41, 5.74) is 1.07. The Labute approximate surface area is 174 Å². The molecule has 7 heteroatoms. The lowest BCUT2D eigenvalue weighted by Gasteiger charge is -2.55. The van der Waals surface area contributed by atoms with E-state index >= 15 is 0 Å². The largest absolute Gasteiger partial charge is 0.472 e. The molecule has 0 amide bonds. The predicted molar refractivity (Wildman–Crippen MR) is 106 cm³/mol. The van der Waals surface area contributed by atoms with Gasteiger partial charge in [-0.15, -0.1) is 0 Å². The molecule has 5 atom stereocenters. The van der Waals surface area contributed by atoms with Gasteiger partial charge in [0.1, 0.15) is 12.7 Å². The molecule has 0 saturated heterocycles. The van der Waals surface area contributed by atoms with Gasteiger partial charge >= 0.3 is 0 Å². The van der Waals surface area contributed by atoms with Gasteiger partial charge in [0.05, 0.1) is 17.2 Å².